The fourth-order valence-corrected chi connectivity index (χ4v) is 3.18. The highest BCUT2D eigenvalue weighted by atomic mass is 19.4. The minimum absolute atomic E-state index is 0.00291. The van der Waals surface area contributed by atoms with Gasteiger partial charge in [0.1, 0.15) is 6.04 Å². The van der Waals surface area contributed by atoms with Gasteiger partial charge in [-0.2, -0.15) is 13.2 Å². The number of carbonyl (C=O) groups excluding carboxylic acids is 1. The SMILES string of the molecule is CC[C@@H](C(=O)Nc1ccc(C)c(C)c1)n1c(=O)c(C(F)(F)F)nc2ccccc21. The van der Waals surface area contributed by atoms with E-state index in [9.17, 15) is 22.8 Å². The molecule has 8 heteroatoms. The number of benzene rings is 2. The van der Waals surface area contributed by atoms with Crippen LogP contribution in [0.25, 0.3) is 11.0 Å². The van der Waals surface area contributed by atoms with E-state index in [1.54, 1.807) is 25.1 Å². The van der Waals surface area contributed by atoms with Crippen molar-refractivity contribution in [3.8, 4) is 0 Å². The van der Waals surface area contributed by atoms with Gasteiger partial charge < -0.3 is 5.32 Å². The molecule has 2 aromatic carbocycles. The molecule has 3 aromatic rings. The highest BCUT2D eigenvalue weighted by Crippen LogP contribution is 2.28. The molecule has 1 heterocycles. The standard InChI is InChI=1S/C21H20F3N3O2/c1-4-16(19(28)25-14-10-9-12(2)13(3)11-14)27-17-8-6-5-7-15(17)26-18(20(27)29)21(22,23)24/h5-11,16H,4H2,1-3H3,(H,25,28)/t16-/m0/s1. The van der Waals surface area contributed by atoms with Crippen LogP contribution in [0, 0.1) is 13.8 Å². The third-order valence-electron chi connectivity index (χ3n) is 4.84. The van der Waals surface area contributed by atoms with E-state index in [0.29, 0.717) is 5.69 Å². The molecule has 29 heavy (non-hydrogen) atoms. The van der Waals surface area contributed by atoms with Crippen LogP contribution in [-0.4, -0.2) is 15.5 Å². The predicted octanol–water partition coefficient (Wildman–Crippen LogP) is 4.62. The van der Waals surface area contributed by atoms with Crippen molar-refractivity contribution in [3.63, 3.8) is 0 Å². The Hall–Kier alpha value is -3.16. The smallest absolute Gasteiger partial charge is 0.324 e. The van der Waals surface area contributed by atoms with Crippen molar-refractivity contribution in [2.24, 2.45) is 0 Å². The minimum Gasteiger partial charge on any atom is -0.324 e. The van der Waals surface area contributed by atoms with Crippen molar-refractivity contribution in [2.75, 3.05) is 5.32 Å². The topological polar surface area (TPSA) is 64.0 Å². The maximum absolute atomic E-state index is 13.4. The maximum Gasteiger partial charge on any atom is 0.438 e. The van der Waals surface area contributed by atoms with E-state index in [-0.39, 0.29) is 17.5 Å². The van der Waals surface area contributed by atoms with E-state index in [1.165, 1.54) is 18.2 Å². The Bertz CT molecular complexity index is 1140. The molecule has 0 aliphatic rings. The number of anilines is 1. The first-order chi connectivity index (χ1) is 13.6. The molecule has 1 amide bonds. The number of halogens is 3. The average Bonchev–Trinajstić information content (AvgIpc) is 2.66. The highest BCUT2D eigenvalue weighted by Gasteiger charge is 2.38. The van der Waals surface area contributed by atoms with E-state index < -0.39 is 29.4 Å². The molecule has 0 unspecified atom stereocenters. The first-order valence-corrected chi connectivity index (χ1v) is 9.10. The number of hydrogen-bond donors (Lipinski definition) is 1. The average molecular weight is 403 g/mol. The van der Waals surface area contributed by atoms with E-state index in [1.807, 2.05) is 19.9 Å². The van der Waals surface area contributed by atoms with Gasteiger partial charge in [-0.15, -0.1) is 0 Å². The number of fused-ring (bicyclic) bond motifs is 1. The zero-order valence-corrected chi connectivity index (χ0v) is 16.2. The lowest BCUT2D eigenvalue weighted by Crippen LogP contribution is -2.37. The van der Waals surface area contributed by atoms with Crippen LogP contribution in [0.5, 0.6) is 0 Å². The number of hydrogen-bond acceptors (Lipinski definition) is 3. The molecule has 3 rings (SSSR count). The van der Waals surface area contributed by atoms with Gasteiger partial charge in [-0.05, 0) is 55.7 Å². The third-order valence-corrected chi connectivity index (χ3v) is 4.84. The van der Waals surface area contributed by atoms with Crippen LogP contribution in [0.3, 0.4) is 0 Å². The summed E-state index contributed by atoms with van der Waals surface area (Å²) >= 11 is 0. The van der Waals surface area contributed by atoms with Gasteiger partial charge in [-0.25, -0.2) is 4.98 Å². The minimum atomic E-state index is -4.92. The van der Waals surface area contributed by atoms with Crippen molar-refractivity contribution in [1.29, 1.82) is 0 Å². The summed E-state index contributed by atoms with van der Waals surface area (Å²) in [7, 11) is 0. The van der Waals surface area contributed by atoms with Gasteiger partial charge in [0, 0.05) is 5.69 Å². The van der Waals surface area contributed by atoms with Gasteiger partial charge in [-0.3, -0.25) is 14.2 Å². The number of amides is 1. The lowest BCUT2D eigenvalue weighted by Gasteiger charge is -2.21. The fourth-order valence-electron chi connectivity index (χ4n) is 3.18. The zero-order valence-electron chi connectivity index (χ0n) is 16.2. The molecule has 5 nitrogen and oxygen atoms in total. The Morgan fingerprint density at radius 2 is 1.83 bits per heavy atom. The zero-order chi connectivity index (χ0) is 21.3. The molecule has 0 saturated heterocycles. The van der Waals surface area contributed by atoms with Crippen molar-refractivity contribution in [3.05, 3.63) is 69.6 Å². The lowest BCUT2D eigenvalue weighted by atomic mass is 10.1. The van der Waals surface area contributed by atoms with Crippen LogP contribution in [0.1, 0.15) is 36.2 Å². The molecule has 0 bridgehead atoms. The molecule has 1 atom stereocenters. The second kappa shape index (κ2) is 7.69. The Labute approximate surface area is 165 Å². The summed E-state index contributed by atoms with van der Waals surface area (Å²) < 4.78 is 41.0. The van der Waals surface area contributed by atoms with Crippen molar-refractivity contribution >= 4 is 22.6 Å². The lowest BCUT2D eigenvalue weighted by molar-refractivity contribution is -0.142. The molecule has 0 aliphatic carbocycles. The summed E-state index contributed by atoms with van der Waals surface area (Å²) in [5.74, 6) is -0.567. The van der Waals surface area contributed by atoms with Gasteiger partial charge >= 0.3 is 6.18 Å². The van der Waals surface area contributed by atoms with Gasteiger partial charge in [0.15, 0.2) is 0 Å². The Balaban J connectivity index is 2.13. The number of para-hydroxylation sites is 2. The van der Waals surface area contributed by atoms with Crippen molar-refractivity contribution in [1.82, 2.24) is 9.55 Å². The first-order valence-electron chi connectivity index (χ1n) is 9.10. The van der Waals surface area contributed by atoms with E-state index in [4.69, 9.17) is 0 Å². The fraction of sp³-hybridized carbons (Fsp3) is 0.286. The largest absolute Gasteiger partial charge is 0.438 e. The Morgan fingerprint density at radius 3 is 2.45 bits per heavy atom. The van der Waals surface area contributed by atoms with E-state index in [0.717, 1.165) is 15.7 Å². The predicted molar refractivity (Wildman–Crippen MR) is 105 cm³/mol. The molecule has 152 valence electrons. The molecule has 1 N–H and O–H groups in total. The Kier molecular flexibility index (Phi) is 5.46. The van der Waals surface area contributed by atoms with Crippen LogP contribution in [0.2, 0.25) is 0 Å². The second-order valence-electron chi connectivity index (χ2n) is 6.83. The number of aromatic nitrogens is 2. The summed E-state index contributed by atoms with van der Waals surface area (Å²) in [6.07, 6.45) is -4.80. The number of nitrogens with one attached hydrogen (secondary N) is 1. The first kappa shape index (κ1) is 20.6. The van der Waals surface area contributed by atoms with Crippen LogP contribution < -0.4 is 10.9 Å². The highest BCUT2D eigenvalue weighted by molar-refractivity contribution is 5.94. The summed E-state index contributed by atoms with van der Waals surface area (Å²) in [5.41, 5.74) is -0.182. The van der Waals surface area contributed by atoms with Crippen LogP contribution in [0.4, 0.5) is 18.9 Å². The maximum atomic E-state index is 13.4. The van der Waals surface area contributed by atoms with Crippen LogP contribution >= 0.6 is 0 Å². The second-order valence-corrected chi connectivity index (χ2v) is 6.83. The summed E-state index contributed by atoms with van der Waals surface area (Å²) in [6.45, 7) is 5.45. The molecule has 0 saturated carbocycles. The van der Waals surface area contributed by atoms with Gasteiger partial charge in [-0.1, -0.05) is 25.1 Å². The molecule has 0 aliphatic heterocycles. The number of nitrogens with zero attached hydrogens (tertiary/aromatic N) is 2. The number of carbonyl (C=O) groups is 1. The van der Waals surface area contributed by atoms with Crippen molar-refractivity contribution < 1.29 is 18.0 Å². The number of aryl methyl sites for hydroxylation is 2. The normalized spacial score (nSPS) is 12.8. The van der Waals surface area contributed by atoms with Gasteiger partial charge in [0.25, 0.3) is 5.56 Å². The molecule has 0 radical (unpaired) electrons. The number of rotatable bonds is 4. The monoisotopic (exact) mass is 403 g/mol. The summed E-state index contributed by atoms with van der Waals surface area (Å²) in [5, 5.41) is 2.71. The molecular formula is C21H20F3N3O2. The summed E-state index contributed by atoms with van der Waals surface area (Å²) in [6, 6.07) is 10.2. The molecule has 0 fully saturated rings. The van der Waals surface area contributed by atoms with Crippen LogP contribution in [0.15, 0.2) is 47.3 Å². The molecule has 1 aromatic heterocycles. The Morgan fingerprint density at radius 1 is 1.14 bits per heavy atom. The third kappa shape index (κ3) is 4.01. The van der Waals surface area contributed by atoms with Gasteiger partial charge in [0.05, 0.1) is 11.0 Å². The summed E-state index contributed by atoms with van der Waals surface area (Å²) in [4.78, 5) is 29.1. The number of alkyl halides is 3. The van der Waals surface area contributed by atoms with E-state index >= 15 is 0 Å². The quantitative estimate of drug-likeness (QED) is 0.691. The van der Waals surface area contributed by atoms with E-state index in [2.05, 4.69) is 10.3 Å². The van der Waals surface area contributed by atoms with Crippen molar-refractivity contribution in [2.45, 2.75) is 39.4 Å². The van der Waals surface area contributed by atoms with Gasteiger partial charge in [0.2, 0.25) is 11.6 Å². The molecular weight excluding hydrogens is 383 g/mol. The van der Waals surface area contributed by atoms with Crippen LogP contribution in [-0.2, 0) is 11.0 Å². The molecule has 0 spiro atoms.